The summed E-state index contributed by atoms with van der Waals surface area (Å²) in [6, 6.07) is 14.0. The van der Waals surface area contributed by atoms with Gasteiger partial charge in [0.2, 0.25) is 0 Å². The lowest BCUT2D eigenvalue weighted by atomic mass is 10.1. The first-order valence-electron chi connectivity index (χ1n) is 9.69. The van der Waals surface area contributed by atoms with Crippen molar-refractivity contribution in [2.45, 2.75) is 45.4 Å². The number of amides is 1. The molecule has 0 aliphatic rings. The van der Waals surface area contributed by atoms with E-state index < -0.39 is 17.7 Å². The number of benzene rings is 2. The summed E-state index contributed by atoms with van der Waals surface area (Å²) >= 11 is 0. The number of ether oxygens (including phenoxy) is 3. The first kappa shape index (κ1) is 23.2. The van der Waals surface area contributed by atoms with Crippen molar-refractivity contribution in [1.29, 1.82) is 0 Å². The van der Waals surface area contributed by atoms with Gasteiger partial charge < -0.3 is 24.6 Å². The number of alkyl carbamates (subject to hydrolysis) is 1. The second-order valence-corrected chi connectivity index (χ2v) is 7.85. The first-order valence-corrected chi connectivity index (χ1v) is 9.69. The molecule has 30 heavy (non-hydrogen) atoms. The van der Waals surface area contributed by atoms with Gasteiger partial charge in [-0.2, -0.15) is 0 Å². The number of rotatable bonds is 8. The Labute approximate surface area is 177 Å². The molecule has 7 heteroatoms. The number of aliphatic hydroxyl groups is 1. The van der Waals surface area contributed by atoms with Crippen LogP contribution in [0, 0.1) is 0 Å². The topological polar surface area (TPSA) is 94.1 Å². The number of esters is 1. The van der Waals surface area contributed by atoms with Crippen molar-refractivity contribution in [2.75, 3.05) is 13.7 Å². The van der Waals surface area contributed by atoms with E-state index in [0.717, 1.165) is 11.1 Å². The van der Waals surface area contributed by atoms with Crippen LogP contribution in [0.1, 0.15) is 42.3 Å². The smallest absolute Gasteiger partial charge is 0.407 e. The summed E-state index contributed by atoms with van der Waals surface area (Å²) in [4.78, 5) is 23.3. The van der Waals surface area contributed by atoms with Gasteiger partial charge in [-0.1, -0.05) is 24.3 Å². The van der Waals surface area contributed by atoms with E-state index in [4.69, 9.17) is 9.47 Å². The fourth-order valence-electron chi connectivity index (χ4n) is 2.66. The Morgan fingerprint density at radius 3 is 2.13 bits per heavy atom. The van der Waals surface area contributed by atoms with Gasteiger partial charge in [0, 0.05) is 0 Å². The molecule has 0 aliphatic heterocycles. The SMILES string of the molecule is COC(=O)c1ccc(COc2ccc(C[C@@H](CO)NC(=O)OC(C)(C)C)cc2)cc1. The maximum absolute atomic E-state index is 11.9. The molecule has 0 unspecified atom stereocenters. The Balaban J connectivity index is 1.86. The highest BCUT2D eigenvalue weighted by Gasteiger charge is 2.19. The maximum atomic E-state index is 11.9. The summed E-state index contributed by atoms with van der Waals surface area (Å²) in [5.74, 6) is 0.317. The lowest BCUT2D eigenvalue weighted by Crippen LogP contribution is -2.42. The summed E-state index contributed by atoms with van der Waals surface area (Å²) in [7, 11) is 1.35. The van der Waals surface area contributed by atoms with E-state index in [1.54, 1.807) is 32.9 Å². The third-order valence-electron chi connectivity index (χ3n) is 4.13. The lowest BCUT2D eigenvalue weighted by Gasteiger charge is -2.22. The van der Waals surface area contributed by atoms with Gasteiger partial charge in [0.25, 0.3) is 0 Å². The van der Waals surface area contributed by atoms with Crippen LogP contribution in [-0.4, -0.2) is 42.5 Å². The number of carbonyl (C=O) groups is 2. The van der Waals surface area contributed by atoms with Crippen LogP contribution < -0.4 is 10.1 Å². The monoisotopic (exact) mass is 415 g/mol. The van der Waals surface area contributed by atoms with Gasteiger partial charge in [0.05, 0.1) is 25.3 Å². The van der Waals surface area contributed by atoms with Gasteiger partial charge in [-0.05, 0) is 62.6 Å². The van der Waals surface area contributed by atoms with E-state index in [9.17, 15) is 14.7 Å². The van der Waals surface area contributed by atoms with Crippen LogP contribution >= 0.6 is 0 Å². The molecule has 0 radical (unpaired) electrons. The van der Waals surface area contributed by atoms with Crippen molar-refractivity contribution in [2.24, 2.45) is 0 Å². The number of hydrogen-bond donors (Lipinski definition) is 2. The van der Waals surface area contributed by atoms with Crippen molar-refractivity contribution in [3.05, 3.63) is 65.2 Å². The zero-order chi connectivity index (χ0) is 22.1. The fourth-order valence-corrected chi connectivity index (χ4v) is 2.66. The minimum atomic E-state index is -0.595. The molecular weight excluding hydrogens is 386 g/mol. The Morgan fingerprint density at radius 2 is 1.60 bits per heavy atom. The summed E-state index contributed by atoms with van der Waals surface area (Å²) in [6.45, 7) is 5.52. The minimum Gasteiger partial charge on any atom is -0.489 e. The van der Waals surface area contributed by atoms with E-state index >= 15 is 0 Å². The van der Waals surface area contributed by atoms with Gasteiger partial charge in [-0.3, -0.25) is 0 Å². The molecule has 2 aromatic carbocycles. The molecule has 0 aromatic heterocycles. The van der Waals surface area contributed by atoms with Gasteiger partial charge in [0.15, 0.2) is 0 Å². The van der Waals surface area contributed by atoms with Crippen molar-refractivity contribution in [3.8, 4) is 5.75 Å². The van der Waals surface area contributed by atoms with Crippen molar-refractivity contribution >= 4 is 12.1 Å². The van der Waals surface area contributed by atoms with Crippen molar-refractivity contribution in [3.63, 3.8) is 0 Å². The molecule has 0 bridgehead atoms. The Bertz CT molecular complexity index is 824. The van der Waals surface area contributed by atoms with Gasteiger partial charge in [-0.15, -0.1) is 0 Å². The zero-order valence-electron chi connectivity index (χ0n) is 17.8. The molecule has 2 rings (SSSR count). The highest BCUT2D eigenvalue weighted by molar-refractivity contribution is 5.89. The summed E-state index contributed by atoms with van der Waals surface area (Å²) in [6.07, 6.45) is -0.0925. The molecule has 7 nitrogen and oxygen atoms in total. The molecule has 0 spiro atoms. The molecule has 0 heterocycles. The normalized spacial score (nSPS) is 12.0. The standard InChI is InChI=1S/C23H29NO6/c1-23(2,3)30-22(27)24-19(14-25)13-16-7-11-20(12-8-16)29-15-17-5-9-18(10-6-17)21(26)28-4/h5-12,19,25H,13-15H2,1-4H3,(H,24,27)/t19-/m0/s1. The summed E-state index contributed by atoms with van der Waals surface area (Å²) in [5, 5.41) is 12.2. The largest absolute Gasteiger partial charge is 0.489 e. The van der Waals surface area contributed by atoms with Crippen LogP contribution in [0.2, 0.25) is 0 Å². The lowest BCUT2D eigenvalue weighted by molar-refractivity contribution is 0.0482. The molecule has 0 aliphatic carbocycles. The van der Waals surface area contributed by atoms with Gasteiger partial charge in [0.1, 0.15) is 18.0 Å². The quantitative estimate of drug-likeness (QED) is 0.641. The van der Waals surface area contributed by atoms with Gasteiger partial charge in [-0.25, -0.2) is 9.59 Å². The Kier molecular flexibility index (Phi) is 8.24. The van der Waals surface area contributed by atoms with E-state index in [0.29, 0.717) is 24.3 Å². The number of aliphatic hydroxyl groups excluding tert-OH is 1. The predicted molar refractivity (Wildman–Crippen MR) is 113 cm³/mol. The van der Waals surface area contributed by atoms with Crippen LogP contribution in [0.25, 0.3) is 0 Å². The molecule has 2 aromatic rings. The van der Waals surface area contributed by atoms with Crippen molar-refractivity contribution < 1.29 is 28.9 Å². The Morgan fingerprint density at radius 1 is 1.00 bits per heavy atom. The highest BCUT2D eigenvalue weighted by Crippen LogP contribution is 2.16. The van der Waals surface area contributed by atoms with E-state index in [-0.39, 0.29) is 12.6 Å². The van der Waals surface area contributed by atoms with E-state index in [2.05, 4.69) is 10.1 Å². The number of hydrogen-bond acceptors (Lipinski definition) is 6. The maximum Gasteiger partial charge on any atom is 0.407 e. The molecule has 0 saturated heterocycles. The fraction of sp³-hybridized carbons (Fsp3) is 0.391. The van der Waals surface area contributed by atoms with Crippen LogP contribution in [0.4, 0.5) is 4.79 Å². The third kappa shape index (κ3) is 7.75. The summed E-state index contributed by atoms with van der Waals surface area (Å²) < 4.78 is 15.7. The number of nitrogens with one attached hydrogen (secondary N) is 1. The molecule has 2 N–H and O–H groups in total. The molecule has 0 fully saturated rings. The van der Waals surface area contributed by atoms with Crippen LogP contribution in [0.15, 0.2) is 48.5 Å². The third-order valence-corrected chi connectivity index (χ3v) is 4.13. The average Bonchev–Trinajstić information content (AvgIpc) is 2.71. The van der Waals surface area contributed by atoms with Crippen LogP contribution in [0.3, 0.4) is 0 Å². The number of carbonyl (C=O) groups excluding carboxylic acids is 2. The second kappa shape index (κ2) is 10.6. The molecule has 1 atom stereocenters. The summed E-state index contributed by atoms with van der Waals surface area (Å²) in [5.41, 5.74) is 1.76. The van der Waals surface area contributed by atoms with E-state index in [1.165, 1.54) is 7.11 Å². The van der Waals surface area contributed by atoms with Crippen molar-refractivity contribution in [1.82, 2.24) is 5.32 Å². The highest BCUT2D eigenvalue weighted by atomic mass is 16.6. The molecular formula is C23H29NO6. The second-order valence-electron chi connectivity index (χ2n) is 7.85. The van der Waals surface area contributed by atoms with Crippen LogP contribution in [0.5, 0.6) is 5.75 Å². The molecule has 0 saturated carbocycles. The molecule has 162 valence electrons. The first-order chi connectivity index (χ1) is 14.2. The zero-order valence-corrected chi connectivity index (χ0v) is 17.8. The minimum absolute atomic E-state index is 0.195. The number of methoxy groups -OCH3 is 1. The van der Waals surface area contributed by atoms with Crippen LogP contribution in [-0.2, 0) is 22.5 Å². The van der Waals surface area contributed by atoms with Gasteiger partial charge >= 0.3 is 12.1 Å². The Hall–Kier alpha value is -3.06. The molecule has 1 amide bonds. The average molecular weight is 415 g/mol. The van der Waals surface area contributed by atoms with E-state index in [1.807, 2.05) is 36.4 Å². The predicted octanol–water partition coefficient (Wildman–Crippen LogP) is 3.48.